The Morgan fingerprint density at radius 3 is 2.84 bits per heavy atom. The van der Waals surface area contributed by atoms with Crippen LogP contribution in [0.3, 0.4) is 0 Å². The maximum absolute atomic E-state index is 8.95. The molecule has 1 saturated heterocycles. The average molecular weight is 364 g/mol. The molecule has 1 aliphatic carbocycles. The fraction of sp³-hybridized carbons (Fsp3) is 0.562. The SMILES string of the molecule is OCCn1cc(Nc2ncc(Cl)c(NC3CC4CNCC4C3)n2)cn1. The summed E-state index contributed by atoms with van der Waals surface area (Å²) in [7, 11) is 0. The first-order valence-corrected chi connectivity index (χ1v) is 8.99. The van der Waals surface area contributed by atoms with Crippen LogP contribution in [0.2, 0.25) is 5.02 Å². The predicted molar refractivity (Wildman–Crippen MR) is 96.1 cm³/mol. The highest BCUT2D eigenvalue weighted by atomic mass is 35.5. The summed E-state index contributed by atoms with van der Waals surface area (Å²) in [6.07, 6.45) is 7.37. The minimum absolute atomic E-state index is 0.0472. The zero-order valence-electron chi connectivity index (χ0n) is 13.8. The fourth-order valence-electron chi connectivity index (χ4n) is 3.79. The summed E-state index contributed by atoms with van der Waals surface area (Å²) < 4.78 is 1.66. The Morgan fingerprint density at radius 2 is 2.08 bits per heavy atom. The molecule has 2 fully saturated rings. The van der Waals surface area contributed by atoms with E-state index in [4.69, 9.17) is 16.7 Å². The van der Waals surface area contributed by atoms with Crippen LogP contribution >= 0.6 is 11.6 Å². The third-order valence-corrected chi connectivity index (χ3v) is 5.23. The summed E-state index contributed by atoms with van der Waals surface area (Å²) in [6.45, 7) is 2.73. The minimum atomic E-state index is 0.0472. The molecule has 1 aliphatic heterocycles. The molecule has 8 nitrogen and oxygen atoms in total. The van der Waals surface area contributed by atoms with E-state index in [-0.39, 0.29) is 6.61 Å². The van der Waals surface area contributed by atoms with Gasteiger partial charge in [-0.1, -0.05) is 11.6 Å². The molecular weight excluding hydrogens is 342 g/mol. The van der Waals surface area contributed by atoms with Crippen molar-refractivity contribution < 1.29 is 5.11 Å². The largest absolute Gasteiger partial charge is 0.394 e. The van der Waals surface area contributed by atoms with Gasteiger partial charge in [0.05, 0.1) is 31.2 Å². The average Bonchev–Trinajstić information content (AvgIpc) is 3.28. The highest BCUT2D eigenvalue weighted by Crippen LogP contribution is 2.36. The van der Waals surface area contributed by atoms with Gasteiger partial charge in [0.1, 0.15) is 5.02 Å². The van der Waals surface area contributed by atoms with Crippen LogP contribution in [-0.2, 0) is 6.54 Å². The van der Waals surface area contributed by atoms with Crippen molar-refractivity contribution in [2.45, 2.75) is 25.4 Å². The van der Waals surface area contributed by atoms with E-state index >= 15 is 0 Å². The maximum Gasteiger partial charge on any atom is 0.229 e. The molecule has 2 atom stereocenters. The lowest BCUT2D eigenvalue weighted by atomic mass is 10.0. The molecule has 2 aliphatic rings. The molecule has 0 bridgehead atoms. The van der Waals surface area contributed by atoms with Gasteiger partial charge in [0, 0.05) is 12.2 Å². The summed E-state index contributed by atoms with van der Waals surface area (Å²) in [4.78, 5) is 8.74. The molecule has 1 saturated carbocycles. The zero-order valence-corrected chi connectivity index (χ0v) is 14.6. The van der Waals surface area contributed by atoms with Crippen molar-refractivity contribution in [2.24, 2.45) is 11.8 Å². The van der Waals surface area contributed by atoms with Crippen LogP contribution in [0.4, 0.5) is 17.5 Å². The number of hydrogen-bond acceptors (Lipinski definition) is 7. The van der Waals surface area contributed by atoms with Gasteiger partial charge in [-0.25, -0.2) is 4.98 Å². The predicted octanol–water partition coefficient (Wildman–Crippen LogP) is 1.47. The van der Waals surface area contributed by atoms with Crippen LogP contribution < -0.4 is 16.0 Å². The van der Waals surface area contributed by atoms with Gasteiger partial charge >= 0.3 is 0 Å². The van der Waals surface area contributed by atoms with Crippen LogP contribution in [0.1, 0.15) is 12.8 Å². The first-order chi connectivity index (χ1) is 12.2. The van der Waals surface area contributed by atoms with Crippen LogP contribution in [0.15, 0.2) is 18.6 Å². The topological polar surface area (TPSA) is 99.9 Å². The van der Waals surface area contributed by atoms with Crippen molar-refractivity contribution in [2.75, 3.05) is 30.3 Å². The Kier molecular flexibility index (Phi) is 4.74. The molecular formula is C16H22ClN7O. The summed E-state index contributed by atoms with van der Waals surface area (Å²) in [5.41, 5.74) is 0.767. The third-order valence-electron chi connectivity index (χ3n) is 4.96. The molecule has 3 heterocycles. The summed E-state index contributed by atoms with van der Waals surface area (Å²) in [6, 6.07) is 0.407. The number of hydrogen-bond donors (Lipinski definition) is 4. The fourth-order valence-corrected chi connectivity index (χ4v) is 3.93. The quantitative estimate of drug-likeness (QED) is 0.616. The second-order valence-corrected chi connectivity index (χ2v) is 7.13. The summed E-state index contributed by atoms with van der Waals surface area (Å²) in [5.74, 6) is 2.65. The molecule has 4 N–H and O–H groups in total. The first kappa shape index (κ1) is 16.6. The van der Waals surface area contributed by atoms with Crippen LogP contribution in [0.25, 0.3) is 0 Å². The Bertz CT molecular complexity index is 725. The standard InChI is InChI=1S/C16H22ClN7O/c17-14-8-19-16(22-13-7-20-24(9-13)1-2-25)23-15(14)21-12-3-10-5-18-6-11(10)4-12/h7-12,18,25H,1-6H2,(H2,19,21,22,23). The number of halogens is 1. The second kappa shape index (κ2) is 7.15. The third kappa shape index (κ3) is 3.70. The van der Waals surface area contributed by atoms with Gasteiger partial charge in [0.15, 0.2) is 5.82 Å². The van der Waals surface area contributed by atoms with E-state index in [1.807, 2.05) is 0 Å². The first-order valence-electron chi connectivity index (χ1n) is 8.61. The zero-order chi connectivity index (χ0) is 17.2. The molecule has 0 spiro atoms. The van der Waals surface area contributed by atoms with E-state index in [0.717, 1.165) is 43.5 Å². The van der Waals surface area contributed by atoms with Gasteiger partial charge in [0.25, 0.3) is 0 Å². The van der Waals surface area contributed by atoms with Crippen LogP contribution in [0.5, 0.6) is 0 Å². The van der Waals surface area contributed by atoms with Gasteiger partial charge in [0.2, 0.25) is 5.95 Å². The Balaban J connectivity index is 1.43. The van der Waals surface area contributed by atoms with E-state index in [0.29, 0.717) is 29.4 Å². The Labute approximate surface area is 151 Å². The summed E-state index contributed by atoms with van der Waals surface area (Å²) >= 11 is 6.27. The van der Waals surface area contributed by atoms with Gasteiger partial charge in [-0.15, -0.1) is 0 Å². The van der Waals surface area contributed by atoms with Crippen LogP contribution in [0, 0.1) is 11.8 Å². The van der Waals surface area contributed by atoms with Gasteiger partial charge in [-0.2, -0.15) is 10.1 Å². The molecule has 2 aromatic rings. The molecule has 0 radical (unpaired) electrons. The van der Waals surface area contributed by atoms with Gasteiger partial charge < -0.3 is 21.1 Å². The Hall–Kier alpha value is -1.90. The van der Waals surface area contributed by atoms with E-state index in [9.17, 15) is 0 Å². The molecule has 9 heteroatoms. The molecule has 4 rings (SSSR count). The lowest BCUT2D eigenvalue weighted by Crippen LogP contribution is -2.21. The van der Waals surface area contributed by atoms with Gasteiger partial charge in [-0.05, 0) is 37.8 Å². The number of fused-ring (bicyclic) bond motifs is 1. The molecule has 25 heavy (non-hydrogen) atoms. The van der Waals surface area contributed by atoms with Crippen molar-refractivity contribution in [3.05, 3.63) is 23.6 Å². The second-order valence-electron chi connectivity index (χ2n) is 6.72. The van der Waals surface area contributed by atoms with Crippen molar-refractivity contribution in [3.8, 4) is 0 Å². The number of aliphatic hydroxyl groups excluding tert-OH is 1. The van der Waals surface area contributed by atoms with E-state index in [2.05, 4.69) is 31.0 Å². The van der Waals surface area contributed by atoms with Crippen molar-refractivity contribution >= 4 is 29.1 Å². The molecule has 134 valence electrons. The van der Waals surface area contributed by atoms with Gasteiger partial charge in [-0.3, -0.25) is 4.68 Å². The monoisotopic (exact) mass is 363 g/mol. The minimum Gasteiger partial charge on any atom is -0.394 e. The maximum atomic E-state index is 8.95. The lowest BCUT2D eigenvalue weighted by molar-refractivity contribution is 0.269. The van der Waals surface area contributed by atoms with Crippen LogP contribution in [-0.4, -0.2) is 50.6 Å². The highest BCUT2D eigenvalue weighted by molar-refractivity contribution is 6.32. The number of anilines is 3. The van der Waals surface area contributed by atoms with Crippen molar-refractivity contribution in [1.82, 2.24) is 25.1 Å². The number of rotatable bonds is 6. The molecule has 2 aromatic heterocycles. The lowest BCUT2D eigenvalue weighted by Gasteiger charge is -2.16. The van der Waals surface area contributed by atoms with E-state index in [1.54, 1.807) is 23.3 Å². The number of nitrogens with zero attached hydrogens (tertiary/aromatic N) is 4. The Morgan fingerprint density at radius 1 is 1.28 bits per heavy atom. The van der Waals surface area contributed by atoms with Crippen molar-refractivity contribution in [1.29, 1.82) is 0 Å². The van der Waals surface area contributed by atoms with E-state index in [1.165, 1.54) is 0 Å². The highest BCUT2D eigenvalue weighted by Gasteiger charge is 2.37. The number of nitrogens with one attached hydrogen (secondary N) is 3. The van der Waals surface area contributed by atoms with E-state index < -0.39 is 0 Å². The van der Waals surface area contributed by atoms with Crippen molar-refractivity contribution in [3.63, 3.8) is 0 Å². The number of aromatic nitrogens is 4. The molecule has 0 aromatic carbocycles. The number of aliphatic hydroxyl groups is 1. The summed E-state index contributed by atoms with van der Waals surface area (Å²) in [5, 5.41) is 23.7. The smallest absolute Gasteiger partial charge is 0.229 e. The molecule has 2 unspecified atom stereocenters. The molecule has 0 amide bonds. The normalized spacial score (nSPS) is 25.1.